The third kappa shape index (κ3) is 2.07. The molecule has 3 saturated carbocycles. The van der Waals surface area contributed by atoms with Crippen LogP contribution in [0.5, 0.6) is 0 Å². The van der Waals surface area contributed by atoms with Gasteiger partial charge in [-0.1, -0.05) is 19.9 Å². The zero-order valence-corrected chi connectivity index (χ0v) is 15.5. The lowest BCUT2D eigenvalue weighted by Crippen LogP contribution is -2.60. The first-order chi connectivity index (χ1) is 11.6. The number of hydrogen-bond donors (Lipinski definition) is 2. The number of carbonyl (C=O) groups excluding carboxylic acids is 2. The van der Waals surface area contributed by atoms with Gasteiger partial charge >= 0.3 is 0 Å². The summed E-state index contributed by atoms with van der Waals surface area (Å²) in [4.78, 5) is 24.1. The van der Waals surface area contributed by atoms with E-state index in [-0.39, 0.29) is 34.7 Å². The molecule has 1 unspecified atom stereocenters. The van der Waals surface area contributed by atoms with Crippen molar-refractivity contribution in [2.24, 2.45) is 34.5 Å². The molecule has 0 aromatic carbocycles. The Morgan fingerprint density at radius 1 is 1.20 bits per heavy atom. The molecule has 25 heavy (non-hydrogen) atoms. The number of fused-ring (bicyclic) bond motifs is 5. The Balaban J connectivity index is 1.74. The zero-order chi connectivity index (χ0) is 18.2. The van der Waals surface area contributed by atoms with Crippen LogP contribution in [0.25, 0.3) is 0 Å². The largest absolute Gasteiger partial charge is 0.393 e. The highest BCUT2D eigenvalue weighted by Crippen LogP contribution is 2.67. The van der Waals surface area contributed by atoms with Crippen molar-refractivity contribution < 1.29 is 19.8 Å². The van der Waals surface area contributed by atoms with Crippen LogP contribution in [-0.4, -0.2) is 33.5 Å². The van der Waals surface area contributed by atoms with E-state index in [1.54, 1.807) is 6.08 Å². The predicted octanol–water partition coefficient (Wildman–Crippen LogP) is 2.67. The van der Waals surface area contributed by atoms with Crippen LogP contribution in [0.2, 0.25) is 0 Å². The van der Waals surface area contributed by atoms with Crippen LogP contribution in [0, 0.1) is 34.5 Å². The van der Waals surface area contributed by atoms with Crippen molar-refractivity contribution in [3.8, 4) is 0 Å². The molecule has 0 aromatic rings. The zero-order valence-electron chi connectivity index (χ0n) is 15.5. The van der Waals surface area contributed by atoms with Gasteiger partial charge in [-0.25, -0.2) is 0 Å². The van der Waals surface area contributed by atoms with Gasteiger partial charge in [0.25, 0.3) is 0 Å². The van der Waals surface area contributed by atoms with E-state index in [0.29, 0.717) is 25.2 Å². The Morgan fingerprint density at radius 3 is 2.56 bits per heavy atom. The Morgan fingerprint density at radius 2 is 1.88 bits per heavy atom. The van der Waals surface area contributed by atoms with Gasteiger partial charge in [-0.2, -0.15) is 0 Å². The summed E-state index contributed by atoms with van der Waals surface area (Å²) < 4.78 is 0. The fraction of sp³-hybridized carbons (Fsp3) is 0.810. The van der Waals surface area contributed by atoms with Crippen LogP contribution in [0.3, 0.4) is 0 Å². The number of aliphatic hydroxyl groups excluding tert-OH is 1. The van der Waals surface area contributed by atoms with E-state index in [2.05, 4.69) is 19.9 Å². The molecule has 0 heterocycles. The second-order valence-corrected chi connectivity index (χ2v) is 9.57. The molecule has 0 radical (unpaired) electrons. The highest BCUT2D eigenvalue weighted by molar-refractivity contribution is 5.91. The summed E-state index contributed by atoms with van der Waals surface area (Å²) in [7, 11) is 0. The van der Waals surface area contributed by atoms with Crippen LogP contribution in [0.1, 0.15) is 59.3 Å². The van der Waals surface area contributed by atoms with E-state index in [1.807, 2.05) is 0 Å². The monoisotopic (exact) mass is 346 g/mol. The first-order valence-corrected chi connectivity index (χ1v) is 9.77. The smallest absolute Gasteiger partial charge is 0.161 e. The maximum Gasteiger partial charge on any atom is 0.161 e. The summed E-state index contributed by atoms with van der Waals surface area (Å²) >= 11 is 0. The molecule has 0 spiro atoms. The van der Waals surface area contributed by atoms with Crippen molar-refractivity contribution in [2.45, 2.75) is 71.0 Å². The summed E-state index contributed by atoms with van der Waals surface area (Å²) in [5.74, 6) is 0.830. The molecule has 138 valence electrons. The van der Waals surface area contributed by atoms with Crippen molar-refractivity contribution in [1.82, 2.24) is 0 Å². The van der Waals surface area contributed by atoms with Crippen molar-refractivity contribution in [2.75, 3.05) is 0 Å². The summed E-state index contributed by atoms with van der Waals surface area (Å²) in [6.45, 7) is 5.81. The molecule has 0 saturated heterocycles. The van der Waals surface area contributed by atoms with Crippen molar-refractivity contribution in [3.05, 3.63) is 12.2 Å². The molecule has 4 aliphatic rings. The summed E-state index contributed by atoms with van der Waals surface area (Å²) in [5.41, 5.74) is -1.76. The summed E-state index contributed by atoms with van der Waals surface area (Å²) in [5, 5.41) is 22.2. The van der Waals surface area contributed by atoms with Crippen LogP contribution in [-0.2, 0) is 9.59 Å². The molecule has 4 rings (SSSR count). The Kier molecular flexibility index (Phi) is 3.66. The van der Waals surface area contributed by atoms with Crippen LogP contribution in [0.4, 0.5) is 0 Å². The van der Waals surface area contributed by atoms with Crippen LogP contribution in [0.15, 0.2) is 12.2 Å². The molecule has 4 aliphatic carbocycles. The number of hydrogen-bond acceptors (Lipinski definition) is 4. The van der Waals surface area contributed by atoms with Crippen molar-refractivity contribution in [1.29, 1.82) is 0 Å². The lowest BCUT2D eigenvalue weighted by atomic mass is 9.44. The molecular weight excluding hydrogens is 316 g/mol. The van der Waals surface area contributed by atoms with Gasteiger partial charge in [-0.05, 0) is 74.2 Å². The summed E-state index contributed by atoms with van der Waals surface area (Å²) in [6, 6.07) is 0. The molecule has 0 aromatic heterocycles. The fourth-order valence-corrected chi connectivity index (χ4v) is 7.20. The highest BCUT2D eigenvalue weighted by Gasteiger charge is 2.67. The number of carbonyl (C=O) groups is 2. The average Bonchev–Trinajstić information content (AvgIpc) is 2.82. The number of rotatable bonds is 1. The Labute approximate surface area is 149 Å². The highest BCUT2D eigenvalue weighted by atomic mass is 16.3. The normalized spacial score (nSPS) is 54.6. The van der Waals surface area contributed by atoms with Crippen molar-refractivity contribution in [3.63, 3.8) is 0 Å². The van der Waals surface area contributed by atoms with Gasteiger partial charge in [0.2, 0.25) is 0 Å². The molecule has 0 bridgehead atoms. The predicted molar refractivity (Wildman–Crippen MR) is 93.7 cm³/mol. The lowest BCUT2D eigenvalue weighted by Gasteiger charge is -2.60. The summed E-state index contributed by atoms with van der Waals surface area (Å²) in [6.07, 6.45) is 7.60. The number of ketones is 2. The molecule has 4 nitrogen and oxygen atoms in total. The second-order valence-electron chi connectivity index (χ2n) is 9.57. The van der Waals surface area contributed by atoms with E-state index in [4.69, 9.17) is 0 Å². The van der Waals surface area contributed by atoms with E-state index < -0.39 is 17.1 Å². The maximum absolute atomic E-state index is 12.2. The van der Waals surface area contributed by atoms with Gasteiger partial charge < -0.3 is 10.2 Å². The minimum absolute atomic E-state index is 0.0595. The van der Waals surface area contributed by atoms with Crippen LogP contribution < -0.4 is 0 Å². The molecule has 3 fully saturated rings. The third-order valence-corrected chi connectivity index (χ3v) is 8.79. The third-order valence-electron chi connectivity index (χ3n) is 8.79. The molecule has 4 heteroatoms. The molecule has 8 atom stereocenters. The van der Waals surface area contributed by atoms with Gasteiger partial charge in [-0.3, -0.25) is 9.59 Å². The first-order valence-electron chi connectivity index (χ1n) is 9.77. The van der Waals surface area contributed by atoms with E-state index in [0.717, 1.165) is 19.3 Å². The molecule has 2 N–H and O–H groups in total. The Hall–Kier alpha value is -1.00. The quantitative estimate of drug-likeness (QED) is 0.765. The molecule has 0 amide bonds. The number of allylic oxidation sites excluding steroid dienone is 2. The van der Waals surface area contributed by atoms with Gasteiger partial charge in [0.15, 0.2) is 11.6 Å². The first kappa shape index (κ1) is 17.4. The Bertz CT molecular complexity index is 654. The number of Topliss-reactive ketones (excluding diaryl/α,β-unsaturated/α-hetero) is 1. The lowest BCUT2D eigenvalue weighted by molar-refractivity contribution is -0.177. The number of aliphatic hydroxyl groups is 2. The average molecular weight is 346 g/mol. The fourth-order valence-electron chi connectivity index (χ4n) is 7.20. The van der Waals surface area contributed by atoms with E-state index in [9.17, 15) is 19.8 Å². The SMILES string of the molecule is CC(=O)[C@@]1(O)CC[C@H]2[C@@H]3[C@H](O)CC4CC(=O)C=C[C@]4(C)[C@H]3CC[C@@]21C. The maximum atomic E-state index is 12.2. The minimum Gasteiger partial charge on any atom is -0.393 e. The van der Waals surface area contributed by atoms with Gasteiger partial charge in [0.05, 0.1) is 6.10 Å². The topological polar surface area (TPSA) is 74.6 Å². The van der Waals surface area contributed by atoms with Gasteiger partial charge in [-0.15, -0.1) is 0 Å². The van der Waals surface area contributed by atoms with Crippen LogP contribution >= 0.6 is 0 Å². The molecular formula is C21H30O4. The van der Waals surface area contributed by atoms with E-state index in [1.165, 1.54) is 6.92 Å². The van der Waals surface area contributed by atoms with Gasteiger partial charge in [0, 0.05) is 11.8 Å². The minimum atomic E-state index is -1.25. The standard InChI is InChI=1S/C21H30O4/c1-12(22)21(25)9-6-16-18-15(5-8-20(16,21)3)19(2)7-4-14(23)10-13(19)11-17(18)24/h4,7,13,15-18,24-25H,5-6,8-11H2,1-3H3/t13?,15-,16-,17+,18+,19-,20-,21-/m0/s1. The van der Waals surface area contributed by atoms with Gasteiger partial charge in [0.1, 0.15) is 5.60 Å². The van der Waals surface area contributed by atoms with Crippen molar-refractivity contribution >= 4 is 11.6 Å². The molecule has 0 aliphatic heterocycles. The second kappa shape index (κ2) is 5.26. The van der Waals surface area contributed by atoms with E-state index >= 15 is 0 Å².